The van der Waals surface area contributed by atoms with Crippen LogP contribution in [0.5, 0.6) is 0 Å². The maximum absolute atomic E-state index is 11.3. The van der Waals surface area contributed by atoms with E-state index in [0.717, 1.165) is 0 Å². The van der Waals surface area contributed by atoms with Crippen LogP contribution in [0.3, 0.4) is 0 Å². The second kappa shape index (κ2) is 4.27. The molecule has 2 aromatic rings. The zero-order valence-corrected chi connectivity index (χ0v) is 9.10. The lowest BCUT2D eigenvalue weighted by Gasteiger charge is -2.02. The number of hydrogen-bond donors (Lipinski definition) is 2. The fourth-order valence-electron chi connectivity index (χ4n) is 1.23. The highest BCUT2D eigenvalue weighted by molar-refractivity contribution is 7.10. The summed E-state index contributed by atoms with van der Waals surface area (Å²) in [5.41, 5.74) is 1.05. The van der Waals surface area contributed by atoms with Gasteiger partial charge in [-0.1, -0.05) is 0 Å². The number of aryl methyl sites for hydroxylation is 1. The molecule has 0 atom stereocenters. The quantitative estimate of drug-likeness (QED) is 0.830. The molecule has 0 unspecified atom stereocenters. The van der Waals surface area contributed by atoms with Crippen molar-refractivity contribution in [3.8, 4) is 0 Å². The first-order valence-corrected chi connectivity index (χ1v) is 5.46. The van der Waals surface area contributed by atoms with Crippen LogP contribution in [0.15, 0.2) is 28.6 Å². The highest BCUT2D eigenvalue weighted by Crippen LogP contribution is 2.15. The van der Waals surface area contributed by atoms with Crippen molar-refractivity contribution in [2.45, 2.75) is 13.5 Å². The predicted octanol–water partition coefficient (Wildman–Crippen LogP) is 1.75. The van der Waals surface area contributed by atoms with Gasteiger partial charge in [-0.15, -0.1) is 11.3 Å². The minimum Gasteiger partial charge on any atom is -0.361 e. The van der Waals surface area contributed by atoms with E-state index in [1.165, 1.54) is 16.6 Å². The Balaban J connectivity index is 2.09. The van der Waals surface area contributed by atoms with Crippen molar-refractivity contribution < 1.29 is 0 Å². The van der Waals surface area contributed by atoms with Gasteiger partial charge >= 0.3 is 0 Å². The van der Waals surface area contributed by atoms with E-state index in [0.29, 0.717) is 12.4 Å². The van der Waals surface area contributed by atoms with E-state index < -0.39 is 0 Å². The summed E-state index contributed by atoms with van der Waals surface area (Å²) in [6.07, 6.45) is 3.08. The molecule has 0 fully saturated rings. The maximum Gasteiger partial charge on any atom is 0.290 e. The van der Waals surface area contributed by atoms with Crippen LogP contribution < -0.4 is 10.9 Å². The van der Waals surface area contributed by atoms with Crippen LogP contribution in [-0.4, -0.2) is 9.97 Å². The average Bonchev–Trinajstić information content (AvgIpc) is 2.63. The molecule has 2 rings (SSSR count). The molecule has 0 saturated heterocycles. The first kappa shape index (κ1) is 9.92. The minimum absolute atomic E-state index is 0.188. The van der Waals surface area contributed by atoms with Gasteiger partial charge in [0.15, 0.2) is 5.82 Å². The van der Waals surface area contributed by atoms with Crippen LogP contribution in [0.2, 0.25) is 0 Å². The summed E-state index contributed by atoms with van der Waals surface area (Å²) in [5, 5.41) is 5.05. The summed E-state index contributed by atoms with van der Waals surface area (Å²) in [4.78, 5) is 19.0. The number of rotatable bonds is 3. The minimum atomic E-state index is -0.188. The predicted molar refractivity (Wildman–Crippen MR) is 61.2 cm³/mol. The largest absolute Gasteiger partial charge is 0.361 e. The standard InChI is InChI=1S/C10H11N3OS/c1-7-2-5-15-8(7)6-13-9-10(14)12-4-3-11-9/h2-5H,6H2,1H3,(H,11,13)(H,12,14). The molecule has 0 aliphatic heterocycles. The highest BCUT2D eigenvalue weighted by atomic mass is 32.1. The molecule has 0 radical (unpaired) electrons. The fraction of sp³-hybridized carbons (Fsp3) is 0.200. The molecule has 0 aromatic carbocycles. The molecule has 2 N–H and O–H groups in total. The van der Waals surface area contributed by atoms with Crippen molar-refractivity contribution in [2.75, 3.05) is 5.32 Å². The molecule has 0 amide bonds. The van der Waals surface area contributed by atoms with Crippen molar-refractivity contribution in [1.29, 1.82) is 0 Å². The van der Waals surface area contributed by atoms with Gasteiger partial charge in [0.2, 0.25) is 0 Å². The van der Waals surface area contributed by atoms with Gasteiger partial charge in [-0.25, -0.2) is 4.98 Å². The molecule has 15 heavy (non-hydrogen) atoms. The SMILES string of the molecule is Cc1ccsc1CNc1ncc[nH]c1=O. The van der Waals surface area contributed by atoms with E-state index in [4.69, 9.17) is 0 Å². The van der Waals surface area contributed by atoms with Gasteiger partial charge in [0, 0.05) is 17.3 Å². The van der Waals surface area contributed by atoms with Crippen LogP contribution in [0.25, 0.3) is 0 Å². The van der Waals surface area contributed by atoms with Crippen molar-refractivity contribution in [2.24, 2.45) is 0 Å². The van der Waals surface area contributed by atoms with Crippen LogP contribution >= 0.6 is 11.3 Å². The van der Waals surface area contributed by atoms with Crippen molar-refractivity contribution >= 4 is 17.2 Å². The Morgan fingerprint density at radius 1 is 1.60 bits per heavy atom. The number of nitrogens with one attached hydrogen (secondary N) is 2. The van der Waals surface area contributed by atoms with Gasteiger partial charge in [0.05, 0.1) is 6.54 Å². The molecule has 0 aliphatic carbocycles. The molecule has 2 aromatic heterocycles. The summed E-state index contributed by atoms with van der Waals surface area (Å²) in [6, 6.07) is 2.06. The Kier molecular flexibility index (Phi) is 2.82. The second-order valence-electron chi connectivity index (χ2n) is 3.15. The molecule has 78 valence electrons. The topological polar surface area (TPSA) is 57.8 Å². The summed E-state index contributed by atoms with van der Waals surface area (Å²) in [7, 11) is 0. The molecule has 0 spiro atoms. The molecule has 5 heteroatoms. The van der Waals surface area contributed by atoms with Crippen molar-refractivity contribution in [1.82, 2.24) is 9.97 Å². The van der Waals surface area contributed by atoms with E-state index >= 15 is 0 Å². The molecule has 0 saturated carbocycles. The van der Waals surface area contributed by atoms with Gasteiger partial charge in [-0.2, -0.15) is 0 Å². The average molecular weight is 221 g/mol. The number of aromatic nitrogens is 2. The Hall–Kier alpha value is -1.62. The summed E-state index contributed by atoms with van der Waals surface area (Å²) >= 11 is 1.67. The fourth-order valence-corrected chi connectivity index (χ4v) is 2.07. The van der Waals surface area contributed by atoms with Gasteiger partial charge in [-0.05, 0) is 23.9 Å². The summed E-state index contributed by atoms with van der Waals surface area (Å²) < 4.78 is 0. The van der Waals surface area contributed by atoms with E-state index in [-0.39, 0.29) is 5.56 Å². The Bertz CT molecular complexity index is 503. The Labute approximate surface area is 91.0 Å². The molecule has 4 nitrogen and oxygen atoms in total. The first-order chi connectivity index (χ1) is 7.27. The highest BCUT2D eigenvalue weighted by Gasteiger charge is 2.02. The number of aromatic amines is 1. The number of anilines is 1. The zero-order valence-electron chi connectivity index (χ0n) is 8.28. The Morgan fingerprint density at radius 2 is 2.47 bits per heavy atom. The lowest BCUT2D eigenvalue weighted by molar-refractivity contribution is 1.07. The van der Waals surface area contributed by atoms with Crippen molar-refractivity contribution in [3.63, 3.8) is 0 Å². The van der Waals surface area contributed by atoms with Crippen LogP contribution in [0.1, 0.15) is 10.4 Å². The lowest BCUT2D eigenvalue weighted by atomic mass is 10.3. The maximum atomic E-state index is 11.3. The van der Waals surface area contributed by atoms with Gasteiger partial charge in [0.1, 0.15) is 0 Å². The second-order valence-corrected chi connectivity index (χ2v) is 4.15. The van der Waals surface area contributed by atoms with E-state index in [1.807, 2.05) is 5.38 Å². The van der Waals surface area contributed by atoms with E-state index in [1.54, 1.807) is 17.5 Å². The van der Waals surface area contributed by atoms with E-state index in [9.17, 15) is 4.79 Å². The number of H-pyrrole nitrogens is 1. The normalized spacial score (nSPS) is 10.2. The van der Waals surface area contributed by atoms with Crippen LogP contribution in [0, 0.1) is 6.92 Å². The Morgan fingerprint density at radius 3 is 3.13 bits per heavy atom. The molecular weight excluding hydrogens is 210 g/mol. The zero-order chi connectivity index (χ0) is 10.7. The third kappa shape index (κ3) is 2.24. The van der Waals surface area contributed by atoms with Gasteiger partial charge in [-0.3, -0.25) is 4.79 Å². The third-order valence-electron chi connectivity index (χ3n) is 2.09. The summed E-state index contributed by atoms with van der Waals surface area (Å²) in [6.45, 7) is 2.69. The molecule has 0 bridgehead atoms. The number of thiophene rings is 1. The van der Waals surface area contributed by atoms with Crippen molar-refractivity contribution in [3.05, 3.63) is 44.6 Å². The van der Waals surface area contributed by atoms with Crippen LogP contribution in [-0.2, 0) is 6.54 Å². The smallest absolute Gasteiger partial charge is 0.290 e. The first-order valence-electron chi connectivity index (χ1n) is 4.58. The molecule has 0 aliphatic rings. The van der Waals surface area contributed by atoms with Gasteiger partial charge in [0.25, 0.3) is 5.56 Å². The van der Waals surface area contributed by atoms with Crippen LogP contribution in [0.4, 0.5) is 5.82 Å². The third-order valence-corrected chi connectivity index (χ3v) is 3.12. The molecule has 2 heterocycles. The lowest BCUT2D eigenvalue weighted by Crippen LogP contribution is -2.14. The number of hydrogen-bond acceptors (Lipinski definition) is 4. The summed E-state index contributed by atoms with van der Waals surface area (Å²) in [5.74, 6) is 0.366. The van der Waals surface area contributed by atoms with E-state index in [2.05, 4.69) is 28.3 Å². The number of nitrogens with zero attached hydrogens (tertiary/aromatic N) is 1. The monoisotopic (exact) mass is 221 g/mol. The molecular formula is C10H11N3OS. The van der Waals surface area contributed by atoms with Gasteiger partial charge < -0.3 is 10.3 Å².